The number of nitrogens with one attached hydrogen (secondary N) is 2. The van der Waals surface area contributed by atoms with Gasteiger partial charge >= 0.3 is 5.69 Å². The quantitative estimate of drug-likeness (QED) is 0.528. The third kappa shape index (κ3) is 2.03. The van der Waals surface area contributed by atoms with Gasteiger partial charge in [-0.2, -0.15) is 0 Å². The number of rotatable bonds is 1. The van der Waals surface area contributed by atoms with Crippen molar-refractivity contribution in [1.82, 2.24) is 14.9 Å². The van der Waals surface area contributed by atoms with Crippen LogP contribution in [0.15, 0.2) is 15.7 Å². The van der Waals surface area contributed by atoms with Gasteiger partial charge in [0.25, 0.3) is 11.5 Å². The maximum atomic E-state index is 11.8. The first-order valence-electron chi connectivity index (χ1n) is 4.87. The molecule has 0 aliphatic carbocycles. The summed E-state index contributed by atoms with van der Waals surface area (Å²) in [6.07, 6.45) is -0.0169. The molecule has 1 aliphatic heterocycles. The number of carbonyl (C=O) groups is 1. The van der Waals surface area contributed by atoms with Crippen molar-refractivity contribution < 1.29 is 9.90 Å². The number of likely N-dealkylation sites (tertiary alicyclic amines) is 1. The Morgan fingerprint density at radius 2 is 2.19 bits per heavy atom. The van der Waals surface area contributed by atoms with E-state index in [1.54, 1.807) is 0 Å². The molecule has 7 heteroatoms. The summed E-state index contributed by atoms with van der Waals surface area (Å²) in [5, 5.41) is 9.27. The Labute approximate surface area is 89.7 Å². The molecule has 1 amide bonds. The van der Waals surface area contributed by atoms with Crippen LogP contribution in [0.1, 0.15) is 16.9 Å². The number of carbonyl (C=O) groups excluding carboxylic acids is 1. The van der Waals surface area contributed by atoms with Gasteiger partial charge in [-0.1, -0.05) is 0 Å². The van der Waals surface area contributed by atoms with E-state index in [0.717, 1.165) is 6.07 Å². The largest absolute Gasteiger partial charge is 0.391 e. The van der Waals surface area contributed by atoms with E-state index in [1.165, 1.54) is 4.90 Å². The first-order valence-corrected chi connectivity index (χ1v) is 4.87. The zero-order valence-corrected chi connectivity index (χ0v) is 8.40. The number of hydrogen-bond donors (Lipinski definition) is 3. The smallest absolute Gasteiger partial charge is 0.326 e. The summed E-state index contributed by atoms with van der Waals surface area (Å²) < 4.78 is 0. The average molecular weight is 225 g/mol. The summed E-state index contributed by atoms with van der Waals surface area (Å²) in [6, 6.07) is 1.04. The molecule has 1 aromatic heterocycles. The van der Waals surface area contributed by atoms with Crippen LogP contribution in [0, 0.1) is 0 Å². The van der Waals surface area contributed by atoms with Crippen LogP contribution in [0.5, 0.6) is 0 Å². The van der Waals surface area contributed by atoms with E-state index in [-0.39, 0.29) is 12.2 Å². The second-order valence-corrected chi connectivity index (χ2v) is 3.70. The molecule has 1 fully saturated rings. The lowest BCUT2D eigenvalue weighted by Crippen LogP contribution is -2.34. The minimum Gasteiger partial charge on any atom is -0.391 e. The van der Waals surface area contributed by atoms with Crippen molar-refractivity contribution in [2.75, 3.05) is 13.1 Å². The Morgan fingerprint density at radius 1 is 1.44 bits per heavy atom. The van der Waals surface area contributed by atoms with E-state index in [2.05, 4.69) is 4.98 Å². The number of aliphatic hydroxyl groups excluding tert-OH is 1. The lowest BCUT2D eigenvalue weighted by molar-refractivity contribution is 0.0758. The molecule has 1 aliphatic rings. The van der Waals surface area contributed by atoms with Crippen molar-refractivity contribution in [1.29, 1.82) is 0 Å². The molecule has 0 aromatic carbocycles. The van der Waals surface area contributed by atoms with Crippen molar-refractivity contribution in [3.63, 3.8) is 0 Å². The van der Waals surface area contributed by atoms with Gasteiger partial charge in [0.15, 0.2) is 0 Å². The van der Waals surface area contributed by atoms with Gasteiger partial charge in [0.2, 0.25) is 0 Å². The van der Waals surface area contributed by atoms with E-state index in [9.17, 15) is 19.5 Å². The lowest BCUT2D eigenvalue weighted by atomic mass is 10.3. The highest BCUT2D eigenvalue weighted by Crippen LogP contribution is 2.10. The zero-order chi connectivity index (χ0) is 11.7. The monoisotopic (exact) mass is 225 g/mol. The summed E-state index contributed by atoms with van der Waals surface area (Å²) in [6.45, 7) is 0.655. The van der Waals surface area contributed by atoms with Crippen LogP contribution in [0.25, 0.3) is 0 Å². The highest BCUT2D eigenvalue weighted by molar-refractivity contribution is 5.92. The van der Waals surface area contributed by atoms with Crippen molar-refractivity contribution in [2.24, 2.45) is 0 Å². The van der Waals surface area contributed by atoms with E-state index in [0.29, 0.717) is 13.0 Å². The number of aromatic amines is 2. The van der Waals surface area contributed by atoms with Crippen LogP contribution < -0.4 is 11.2 Å². The Morgan fingerprint density at radius 3 is 2.75 bits per heavy atom. The maximum Gasteiger partial charge on any atom is 0.326 e. The predicted molar refractivity (Wildman–Crippen MR) is 54.2 cm³/mol. The first kappa shape index (κ1) is 10.6. The topological polar surface area (TPSA) is 106 Å². The molecular formula is C9H11N3O4. The van der Waals surface area contributed by atoms with E-state index in [1.807, 2.05) is 4.98 Å². The lowest BCUT2D eigenvalue weighted by Gasteiger charge is -2.14. The molecule has 16 heavy (non-hydrogen) atoms. The van der Waals surface area contributed by atoms with Gasteiger partial charge in [0, 0.05) is 19.2 Å². The van der Waals surface area contributed by atoms with Crippen molar-refractivity contribution in [2.45, 2.75) is 12.5 Å². The summed E-state index contributed by atoms with van der Waals surface area (Å²) in [5.41, 5.74) is -1.38. The van der Waals surface area contributed by atoms with Gasteiger partial charge in [-0.05, 0) is 6.42 Å². The molecule has 0 spiro atoms. The molecule has 7 nitrogen and oxygen atoms in total. The predicted octanol–water partition coefficient (Wildman–Crippen LogP) is -1.73. The van der Waals surface area contributed by atoms with Crippen molar-refractivity contribution in [3.8, 4) is 0 Å². The number of nitrogens with zero attached hydrogens (tertiary/aromatic N) is 1. The van der Waals surface area contributed by atoms with Crippen LogP contribution in [-0.2, 0) is 0 Å². The Balaban J connectivity index is 2.27. The summed E-state index contributed by atoms with van der Waals surface area (Å²) in [4.78, 5) is 39.4. The van der Waals surface area contributed by atoms with Crippen LogP contribution >= 0.6 is 0 Å². The van der Waals surface area contributed by atoms with Gasteiger partial charge in [0.05, 0.1) is 6.10 Å². The maximum absolute atomic E-state index is 11.8. The molecule has 2 rings (SSSR count). The molecule has 1 atom stereocenters. The highest BCUT2D eigenvalue weighted by atomic mass is 16.3. The molecule has 2 heterocycles. The minimum absolute atomic E-state index is 0.0529. The molecule has 86 valence electrons. The summed E-state index contributed by atoms with van der Waals surface area (Å²) in [7, 11) is 0. The summed E-state index contributed by atoms with van der Waals surface area (Å²) in [5.74, 6) is -0.445. The number of hydrogen-bond acceptors (Lipinski definition) is 4. The number of H-pyrrole nitrogens is 2. The molecular weight excluding hydrogens is 214 g/mol. The number of β-amino-alcohol motifs (C(OH)–C–C–N with tert-alkyl or cyclic N) is 1. The first-order chi connectivity index (χ1) is 7.56. The van der Waals surface area contributed by atoms with Crippen molar-refractivity contribution in [3.05, 3.63) is 32.6 Å². The number of amides is 1. The van der Waals surface area contributed by atoms with E-state index in [4.69, 9.17) is 0 Å². The summed E-state index contributed by atoms with van der Waals surface area (Å²) >= 11 is 0. The van der Waals surface area contributed by atoms with Gasteiger partial charge in [-0.3, -0.25) is 14.6 Å². The molecule has 0 radical (unpaired) electrons. The number of aromatic nitrogens is 2. The van der Waals surface area contributed by atoms with Gasteiger partial charge in [-0.25, -0.2) is 4.79 Å². The van der Waals surface area contributed by atoms with Gasteiger partial charge in [-0.15, -0.1) is 0 Å². The second-order valence-electron chi connectivity index (χ2n) is 3.70. The highest BCUT2D eigenvalue weighted by Gasteiger charge is 2.26. The fourth-order valence-electron chi connectivity index (χ4n) is 1.68. The van der Waals surface area contributed by atoms with E-state index >= 15 is 0 Å². The fraction of sp³-hybridized carbons (Fsp3) is 0.444. The Kier molecular flexibility index (Phi) is 2.61. The average Bonchev–Trinajstić information content (AvgIpc) is 2.62. The van der Waals surface area contributed by atoms with Crippen LogP contribution in [0.4, 0.5) is 0 Å². The molecule has 3 N–H and O–H groups in total. The van der Waals surface area contributed by atoms with Crippen LogP contribution in [0.3, 0.4) is 0 Å². The molecule has 1 saturated heterocycles. The zero-order valence-electron chi connectivity index (χ0n) is 8.40. The molecule has 1 aromatic rings. The normalized spacial score (nSPS) is 20.1. The van der Waals surface area contributed by atoms with Crippen molar-refractivity contribution >= 4 is 5.91 Å². The molecule has 0 bridgehead atoms. The number of aliphatic hydroxyl groups is 1. The third-order valence-corrected chi connectivity index (χ3v) is 2.44. The van der Waals surface area contributed by atoms with E-state index < -0.39 is 23.3 Å². The van der Waals surface area contributed by atoms with Crippen LogP contribution in [0.2, 0.25) is 0 Å². The third-order valence-electron chi connectivity index (χ3n) is 2.44. The van der Waals surface area contributed by atoms with Crippen LogP contribution in [-0.4, -0.2) is 45.1 Å². The minimum atomic E-state index is -0.712. The standard InChI is InChI=1S/C9H11N3O4/c13-5-1-2-12(4-5)8(15)6-3-7(14)11-9(16)10-6/h3,5,13H,1-2,4H2,(H2,10,11,14,16). The Hall–Kier alpha value is -1.89. The SMILES string of the molecule is O=C(c1cc(=O)[nH]c(=O)[nH]1)N1CCC(O)C1. The van der Waals surface area contributed by atoms with Gasteiger partial charge < -0.3 is 15.0 Å². The van der Waals surface area contributed by atoms with Gasteiger partial charge in [0.1, 0.15) is 5.69 Å². The fourth-order valence-corrected chi connectivity index (χ4v) is 1.68. The molecule has 0 saturated carbocycles. The Bertz CT molecular complexity index is 490. The second kappa shape index (κ2) is 3.93. The molecule has 1 unspecified atom stereocenters.